The monoisotopic (exact) mass is 331 g/mol. The molecule has 6 nitrogen and oxygen atoms in total. The van der Waals surface area contributed by atoms with E-state index in [0.717, 1.165) is 0 Å². The average molecular weight is 332 g/mol. The Balaban J connectivity index is 2.25. The molecule has 2 heterocycles. The molecule has 0 saturated carbocycles. The summed E-state index contributed by atoms with van der Waals surface area (Å²) in [5, 5.41) is 9.31. The number of ether oxygens (including phenoxy) is 2. The Morgan fingerprint density at radius 2 is 2.37 bits per heavy atom. The number of methoxy groups -OCH3 is 1. The predicted octanol–water partition coefficient (Wildman–Crippen LogP) is 1.22. The van der Waals surface area contributed by atoms with E-state index in [4.69, 9.17) is 9.47 Å². The van der Waals surface area contributed by atoms with Crippen molar-refractivity contribution in [1.29, 1.82) is 0 Å². The fourth-order valence-corrected chi connectivity index (χ4v) is 2.53. The molecule has 0 bridgehead atoms. The lowest BCUT2D eigenvalue weighted by molar-refractivity contribution is -0.101. The first-order valence-corrected chi connectivity index (χ1v) is 6.84. The van der Waals surface area contributed by atoms with Crippen LogP contribution >= 0.6 is 15.9 Å². The Hall–Kier alpha value is -0.920. The van der Waals surface area contributed by atoms with Crippen molar-refractivity contribution in [3.8, 4) is 5.88 Å². The average Bonchev–Trinajstić information content (AvgIpc) is 2.37. The van der Waals surface area contributed by atoms with Gasteiger partial charge >= 0.3 is 0 Å². The Morgan fingerprint density at radius 1 is 1.63 bits per heavy atom. The van der Waals surface area contributed by atoms with Gasteiger partial charge in [-0.25, -0.2) is 4.98 Å². The van der Waals surface area contributed by atoms with Crippen molar-refractivity contribution in [1.82, 2.24) is 9.97 Å². The highest BCUT2D eigenvalue weighted by Gasteiger charge is 2.34. The van der Waals surface area contributed by atoms with Crippen LogP contribution in [0.1, 0.15) is 13.8 Å². The van der Waals surface area contributed by atoms with Crippen LogP contribution in [-0.4, -0.2) is 53.6 Å². The molecule has 19 heavy (non-hydrogen) atoms. The van der Waals surface area contributed by atoms with Gasteiger partial charge in [0, 0.05) is 13.1 Å². The molecule has 1 N–H and O–H groups in total. The summed E-state index contributed by atoms with van der Waals surface area (Å²) in [4.78, 5) is 10.7. The van der Waals surface area contributed by atoms with E-state index in [1.165, 1.54) is 0 Å². The second-order valence-electron chi connectivity index (χ2n) is 5.09. The van der Waals surface area contributed by atoms with Crippen molar-refractivity contribution in [2.24, 2.45) is 0 Å². The molecule has 0 aromatic carbocycles. The van der Waals surface area contributed by atoms with Crippen molar-refractivity contribution < 1.29 is 14.6 Å². The Labute approximate surface area is 120 Å². The minimum absolute atomic E-state index is 0.0202. The minimum Gasteiger partial charge on any atom is -0.480 e. The van der Waals surface area contributed by atoms with Crippen molar-refractivity contribution >= 4 is 21.9 Å². The van der Waals surface area contributed by atoms with Crippen LogP contribution in [0.4, 0.5) is 5.95 Å². The van der Waals surface area contributed by atoms with E-state index in [1.54, 1.807) is 13.3 Å². The van der Waals surface area contributed by atoms with E-state index >= 15 is 0 Å². The molecule has 1 atom stereocenters. The maximum absolute atomic E-state index is 9.31. The number of rotatable bonds is 3. The molecule has 1 fully saturated rings. The van der Waals surface area contributed by atoms with Gasteiger partial charge in [-0.1, -0.05) is 0 Å². The van der Waals surface area contributed by atoms with E-state index < -0.39 is 0 Å². The first kappa shape index (κ1) is 14.5. The highest BCUT2D eigenvalue weighted by molar-refractivity contribution is 9.10. The van der Waals surface area contributed by atoms with E-state index in [1.807, 2.05) is 18.7 Å². The van der Waals surface area contributed by atoms with Gasteiger partial charge < -0.3 is 19.5 Å². The fraction of sp³-hybridized carbons (Fsp3) is 0.667. The highest BCUT2D eigenvalue weighted by Crippen LogP contribution is 2.27. The maximum Gasteiger partial charge on any atom is 0.232 e. The van der Waals surface area contributed by atoms with Crippen molar-refractivity contribution in [2.45, 2.75) is 25.6 Å². The molecule has 1 saturated heterocycles. The number of nitrogens with zero attached hydrogens (tertiary/aromatic N) is 3. The topological polar surface area (TPSA) is 67.7 Å². The lowest BCUT2D eigenvalue weighted by atomic mass is 10.1. The molecule has 1 aromatic heterocycles. The van der Waals surface area contributed by atoms with Gasteiger partial charge in [-0.2, -0.15) is 4.98 Å². The summed E-state index contributed by atoms with van der Waals surface area (Å²) in [6, 6.07) is 0. The molecule has 7 heteroatoms. The van der Waals surface area contributed by atoms with Gasteiger partial charge in [0.05, 0.1) is 36.1 Å². The van der Waals surface area contributed by atoms with Gasteiger partial charge in [0.25, 0.3) is 0 Å². The largest absolute Gasteiger partial charge is 0.480 e. The van der Waals surface area contributed by atoms with E-state index in [9.17, 15) is 5.11 Å². The van der Waals surface area contributed by atoms with Gasteiger partial charge in [-0.05, 0) is 29.8 Å². The summed E-state index contributed by atoms with van der Waals surface area (Å²) in [5.41, 5.74) is -0.352. The summed E-state index contributed by atoms with van der Waals surface area (Å²) in [5.74, 6) is 1.07. The second-order valence-corrected chi connectivity index (χ2v) is 5.94. The Kier molecular flexibility index (Phi) is 4.27. The third kappa shape index (κ3) is 3.34. The number of anilines is 1. The molecule has 0 amide bonds. The highest BCUT2D eigenvalue weighted by atomic mass is 79.9. The van der Waals surface area contributed by atoms with Crippen LogP contribution < -0.4 is 9.64 Å². The molecule has 0 aliphatic carbocycles. The third-order valence-electron chi connectivity index (χ3n) is 2.86. The van der Waals surface area contributed by atoms with Crippen LogP contribution in [0.3, 0.4) is 0 Å². The lowest BCUT2D eigenvalue weighted by Crippen LogP contribution is -2.54. The molecule has 1 aliphatic heterocycles. The van der Waals surface area contributed by atoms with Crippen LogP contribution in [-0.2, 0) is 4.74 Å². The second kappa shape index (κ2) is 5.60. The molecule has 1 unspecified atom stereocenters. The smallest absolute Gasteiger partial charge is 0.232 e. The van der Waals surface area contributed by atoms with Crippen molar-refractivity contribution in [3.05, 3.63) is 10.7 Å². The Morgan fingerprint density at radius 3 is 3.00 bits per heavy atom. The van der Waals surface area contributed by atoms with Gasteiger partial charge in [0.15, 0.2) is 0 Å². The number of aromatic nitrogens is 2. The number of morpholine rings is 1. The Bertz CT molecular complexity index is 456. The SMILES string of the molecule is COc1nc(N2CC(CO)OC(C)(C)C2)ncc1Br. The molecule has 0 radical (unpaired) electrons. The minimum atomic E-state index is -0.352. The van der Waals surface area contributed by atoms with Crippen LogP contribution in [0.25, 0.3) is 0 Å². The van der Waals surface area contributed by atoms with E-state index in [-0.39, 0.29) is 18.3 Å². The normalized spacial score (nSPS) is 22.4. The third-order valence-corrected chi connectivity index (χ3v) is 3.40. The lowest BCUT2D eigenvalue weighted by Gasteiger charge is -2.42. The molecular formula is C12H18BrN3O3. The summed E-state index contributed by atoms with van der Waals surface area (Å²) in [6.45, 7) is 5.17. The molecule has 1 aromatic rings. The summed E-state index contributed by atoms with van der Waals surface area (Å²) >= 11 is 3.33. The number of hydrogen-bond donors (Lipinski definition) is 1. The van der Waals surface area contributed by atoms with E-state index in [2.05, 4.69) is 25.9 Å². The quantitative estimate of drug-likeness (QED) is 0.898. The van der Waals surface area contributed by atoms with Crippen LogP contribution in [0.2, 0.25) is 0 Å². The molecular weight excluding hydrogens is 314 g/mol. The van der Waals surface area contributed by atoms with Crippen LogP contribution in [0.5, 0.6) is 5.88 Å². The zero-order valence-electron chi connectivity index (χ0n) is 11.3. The van der Waals surface area contributed by atoms with Crippen LogP contribution in [0, 0.1) is 0 Å². The molecule has 1 aliphatic rings. The first-order chi connectivity index (χ1) is 8.95. The van der Waals surface area contributed by atoms with Crippen molar-refractivity contribution in [3.63, 3.8) is 0 Å². The zero-order valence-corrected chi connectivity index (χ0v) is 12.8. The molecule has 106 valence electrons. The standard InChI is InChI=1S/C12H18BrN3O3/c1-12(2)7-16(5-8(6-17)19-12)11-14-4-9(13)10(15-11)18-3/h4,8,17H,5-7H2,1-3H3. The summed E-state index contributed by atoms with van der Waals surface area (Å²) < 4.78 is 11.7. The van der Waals surface area contributed by atoms with E-state index in [0.29, 0.717) is 29.4 Å². The number of aliphatic hydroxyl groups excluding tert-OH is 1. The number of halogens is 1. The predicted molar refractivity (Wildman–Crippen MR) is 74.5 cm³/mol. The number of hydrogen-bond acceptors (Lipinski definition) is 6. The molecule has 2 rings (SSSR count). The van der Waals surface area contributed by atoms with Gasteiger partial charge in [0.2, 0.25) is 11.8 Å². The zero-order chi connectivity index (χ0) is 14.0. The number of aliphatic hydroxyl groups is 1. The first-order valence-electron chi connectivity index (χ1n) is 6.05. The van der Waals surface area contributed by atoms with Gasteiger partial charge in [-0.15, -0.1) is 0 Å². The fourth-order valence-electron chi connectivity index (χ4n) is 2.18. The van der Waals surface area contributed by atoms with Crippen molar-refractivity contribution in [2.75, 3.05) is 31.7 Å². The van der Waals surface area contributed by atoms with Gasteiger partial charge in [0.1, 0.15) is 0 Å². The van der Waals surface area contributed by atoms with Gasteiger partial charge in [-0.3, -0.25) is 0 Å². The molecule has 0 spiro atoms. The summed E-state index contributed by atoms with van der Waals surface area (Å²) in [6.07, 6.45) is 1.43. The van der Waals surface area contributed by atoms with Crippen LogP contribution in [0.15, 0.2) is 10.7 Å². The maximum atomic E-state index is 9.31. The summed E-state index contributed by atoms with van der Waals surface area (Å²) in [7, 11) is 1.57.